The average Bonchev–Trinajstić information content (AvgIpc) is 2.04. The smallest absolute Gasteiger partial charge is 0.0139 e. The second-order valence-electron chi connectivity index (χ2n) is 4.03. The van der Waals surface area contributed by atoms with Gasteiger partial charge >= 0.3 is 0 Å². The van der Waals surface area contributed by atoms with Gasteiger partial charge < -0.3 is 5.73 Å². The summed E-state index contributed by atoms with van der Waals surface area (Å²) in [6.45, 7) is 6.73. The lowest BCUT2D eigenvalue weighted by Gasteiger charge is -2.36. The topological polar surface area (TPSA) is 29.3 Å². The van der Waals surface area contributed by atoms with Crippen molar-refractivity contribution < 1.29 is 0 Å². The van der Waals surface area contributed by atoms with E-state index in [0.29, 0.717) is 6.04 Å². The van der Waals surface area contributed by atoms with Crippen LogP contribution < -0.4 is 5.73 Å². The zero-order valence-corrected chi connectivity index (χ0v) is 8.42. The van der Waals surface area contributed by atoms with Crippen molar-refractivity contribution in [2.24, 2.45) is 5.73 Å². The molecule has 0 radical (unpaired) electrons. The maximum absolute atomic E-state index is 5.80. The van der Waals surface area contributed by atoms with Gasteiger partial charge in [-0.2, -0.15) is 0 Å². The van der Waals surface area contributed by atoms with E-state index in [1.807, 2.05) is 0 Å². The van der Waals surface area contributed by atoms with Crippen LogP contribution in [0, 0.1) is 0 Å². The first kappa shape index (κ1) is 10.0. The lowest BCUT2D eigenvalue weighted by atomic mass is 9.99. The summed E-state index contributed by atoms with van der Waals surface area (Å²) in [6, 6.07) is 1.14. The molecule has 1 aliphatic heterocycles. The summed E-state index contributed by atoms with van der Waals surface area (Å²) in [5.41, 5.74) is 5.80. The van der Waals surface area contributed by atoms with Gasteiger partial charge in [0.25, 0.3) is 0 Å². The molecule has 2 heteroatoms. The minimum absolute atomic E-state index is 0.331. The molecule has 2 atom stereocenters. The molecule has 0 aliphatic carbocycles. The second-order valence-corrected chi connectivity index (χ2v) is 4.03. The second kappa shape index (κ2) is 4.83. The molecule has 1 rings (SSSR count). The standard InChI is InChI=1S/C10H22N2/c1-3-10-6-4-5-7-12(10)8-9(2)11/h9-10H,3-8,11H2,1-2H3/t9-,10?/m1/s1. The molecule has 0 amide bonds. The Labute approximate surface area is 76.1 Å². The summed E-state index contributed by atoms with van der Waals surface area (Å²) in [7, 11) is 0. The lowest BCUT2D eigenvalue weighted by molar-refractivity contribution is 0.138. The summed E-state index contributed by atoms with van der Waals surface area (Å²) in [6.07, 6.45) is 5.44. The predicted molar refractivity (Wildman–Crippen MR) is 53.2 cm³/mol. The van der Waals surface area contributed by atoms with Crippen molar-refractivity contribution in [1.82, 2.24) is 4.90 Å². The Kier molecular flexibility index (Phi) is 4.02. The first-order valence-corrected chi connectivity index (χ1v) is 5.23. The Balaban J connectivity index is 2.36. The molecule has 0 bridgehead atoms. The van der Waals surface area contributed by atoms with Gasteiger partial charge in [-0.25, -0.2) is 0 Å². The van der Waals surface area contributed by atoms with Crippen LogP contribution in [0.5, 0.6) is 0 Å². The van der Waals surface area contributed by atoms with E-state index in [-0.39, 0.29) is 0 Å². The number of nitrogens with zero attached hydrogens (tertiary/aromatic N) is 1. The van der Waals surface area contributed by atoms with Gasteiger partial charge in [-0.3, -0.25) is 4.90 Å². The van der Waals surface area contributed by atoms with Gasteiger partial charge in [0.1, 0.15) is 0 Å². The van der Waals surface area contributed by atoms with Crippen molar-refractivity contribution in [2.45, 2.75) is 51.6 Å². The molecule has 0 aromatic heterocycles. The van der Waals surface area contributed by atoms with Crippen molar-refractivity contribution >= 4 is 0 Å². The van der Waals surface area contributed by atoms with E-state index < -0.39 is 0 Å². The molecule has 0 aromatic rings. The summed E-state index contributed by atoms with van der Waals surface area (Å²) in [5.74, 6) is 0. The van der Waals surface area contributed by atoms with Crippen molar-refractivity contribution in [3.05, 3.63) is 0 Å². The van der Waals surface area contributed by atoms with Crippen LogP contribution in [0.2, 0.25) is 0 Å². The number of nitrogens with two attached hydrogens (primary N) is 1. The molecule has 1 heterocycles. The molecule has 72 valence electrons. The molecule has 0 aromatic carbocycles. The third kappa shape index (κ3) is 2.76. The Morgan fingerprint density at radius 1 is 1.50 bits per heavy atom. The Hall–Kier alpha value is -0.0800. The maximum atomic E-state index is 5.80. The van der Waals surface area contributed by atoms with Crippen LogP contribution in [-0.4, -0.2) is 30.1 Å². The highest BCUT2D eigenvalue weighted by Crippen LogP contribution is 2.18. The predicted octanol–water partition coefficient (Wildman–Crippen LogP) is 1.60. The maximum Gasteiger partial charge on any atom is 0.0139 e. The molecular formula is C10H22N2. The van der Waals surface area contributed by atoms with Crippen molar-refractivity contribution in [3.63, 3.8) is 0 Å². The fourth-order valence-corrected chi connectivity index (χ4v) is 2.13. The van der Waals surface area contributed by atoms with Crippen LogP contribution in [-0.2, 0) is 0 Å². The lowest BCUT2D eigenvalue weighted by Crippen LogP contribution is -2.44. The zero-order valence-electron chi connectivity index (χ0n) is 8.42. The molecule has 12 heavy (non-hydrogen) atoms. The van der Waals surface area contributed by atoms with Gasteiger partial charge in [0, 0.05) is 18.6 Å². The number of piperidine rings is 1. The van der Waals surface area contributed by atoms with Crippen molar-refractivity contribution in [1.29, 1.82) is 0 Å². The van der Waals surface area contributed by atoms with E-state index in [9.17, 15) is 0 Å². The van der Waals surface area contributed by atoms with E-state index in [0.717, 1.165) is 12.6 Å². The Morgan fingerprint density at radius 2 is 2.25 bits per heavy atom. The molecular weight excluding hydrogens is 148 g/mol. The van der Waals surface area contributed by atoms with Crippen molar-refractivity contribution in [2.75, 3.05) is 13.1 Å². The minimum Gasteiger partial charge on any atom is -0.327 e. The highest BCUT2D eigenvalue weighted by atomic mass is 15.2. The zero-order chi connectivity index (χ0) is 8.97. The number of rotatable bonds is 3. The highest BCUT2D eigenvalue weighted by molar-refractivity contribution is 4.77. The molecule has 2 N–H and O–H groups in total. The molecule has 1 aliphatic rings. The SMILES string of the molecule is CCC1CCCCN1C[C@@H](C)N. The van der Waals surface area contributed by atoms with Gasteiger partial charge in [0.05, 0.1) is 0 Å². The number of hydrogen-bond donors (Lipinski definition) is 1. The first-order valence-electron chi connectivity index (χ1n) is 5.23. The molecule has 0 saturated carbocycles. The fourth-order valence-electron chi connectivity index (χ4n) is 2.13. The normalized spacial score (nSPS) is 28.8. The van der Waals surface area contributed by atoms with Crippen LogP contribution in [0.15, 0.2) is 0 Å². The summed E-state index contributed by atoms with van der Waals surface area (Å²) in [5, 5.41) is 0. The third-order valence-electron chi connectivity index (χ3n) is 2.74. The van der Waals surface area contributed by atoms with E-state index in [4.69, 9.17) is 5.73 Å². The van der Waals surface area contributed by atoms with Gasteiger partial charge in [0.15, 0.2) is 0 Å². The molecule has 2 nitrogen and oxygen atoms in total. The van der Waals surface area contributed by atoms with E-state index in [2.05, 4.69) is 18.7 Å². The highest BCUT2D eigenvalue weighted by Gasteiger charge is 2.20. The monoisotopic (exact) mass is 170 g/mol. The van der Waals surface area contributed by atoms with Crippen LogP contribution in [0.3, 0.4) is 0 Å². The molecule has 0 spiro atoms. The van der Waals surface area contributed by atoms with Crippen molar-refractivity contribution in [3.8, 4) is 0 Å². The van der Waals surface area contributed by atoms with Gasteiger partial charge in [-0.15, -0.1) is 0 Å². The van der Waals surface area contributed by atoms with E-state index >= 15 is 0 Å². The van der Waals surface area contributed by atoms with Gasteiger partial charge in [-0.05, 0) is 32.7 Å². The average molecular weight is 170 g/mol. The van der Waals surface area contributed by atoms with Crippen LogP contribution >= 0.6 is 0 Å². The number of likely N-dealkylation sites (tertiary alicyclic amines) is 1. The van der Waals surface area contributed by atoms with Crippen LogP contribution in [0.4, 0.5) is 0 Å². The Bertz CT molecular complexity index is 123. The first-order chi connectivity index (χ1) is 5.74. The van der Waals surface area contributed by atoms with E-state index in [1.165, 1.54) is 32.2 Å². The van der Waals surface area contributed by atoms with E-state index in [1.54, 1.807) is 0 Å². The van der Waals surface area contributed by atoms with Crippen LogP contribution in [0.1, 0.15) is 39.5 Å². The van der Waals surface area contributed by atoms with Gasteiger partial charge in [-0.1, -0.05) is 13.3 Å². The number of hydrogen-bond acceptors (Lipinski definition) is 2. The third-order valence-corrected chi connectivity index (χ3v) is 2.74. The quantitative estimate of drug-likeness (QED) is 0.697. The molecule has 1 saturated heterocycles. The molecule has 1 fully saturated rings. The Morgan fingerprint density at radius 3 is 2.83 bits per heavy atom. The molecule has 1 unspecified atom stereocenters. The summed E-state index contributed by atoms with van der Waals surface area (Å²) in [4.78, 5) is 2.56. The summed E-state index contributed by atoms with van der Waals surface area (Å²) >= 11 is 0. The summed E-state index contributed by atoms with van der Waals surface area (Å²) < 4.78 is 0. The van der Waals surface area contributed by atoms with Gasteiger partial charge in [0.2, 0.25) is 0 Å². The minimum atomic E-state index is 0.331. The largest absolute Gasteiger partial charge is 0.327 e. The van der Waals surface area contributed by atoms with Crippen LogP contribution in [0.25, 0.3) is 0 Å². The fraction of sp³-hybridized carbons (Fsp3) is 1.00.